The van der Waals surface area contributed by atoms with E-state index in [1.165, 1.54) is 0 Å². The number of nitrogens with zero attached hydrogens (tertiary/aromatic N) is 1. The summed E-state index contributed by atoms with van der Waals surface area (Å²) in [6.07, 6.45) is 3.29. The first-order valence-corrected chi connectivity index (χ1v) is 4.49. The van der Waals surface area contributed by atoms with E-state index in [0.717, 1.165) is 0 Å². The maximum atomic E-state index is 5.76. The summed E-state index contributed by atoms with van der Waals surface area (Å²) >= 11 is 0. The standard InChI is InChI=1S/C11H11N3O/c12-9-4-1-5-10(11(9)13)15-8-3-2-6-14-7-8/h1-7H,12-13H2. The number of rotatable bonds is 2. The monoisotopic (exact) mass is 201 g/mol. The van der Waals surface area contributed by atoms with Gasteiger partial charge in [0, 0.05) is 6.20 Å². The maximum absolute atomic E-state index is 5.76. The highest BCUT2D eigenvalue weighted by Crippen LogP contribution is 2.30. The van der Waals surface area contributed by atoms with Crippen molar-refractivity contribution in [3.8, 4) is 11.5 Å². The van der Waals surface area contributed by atoms with E-state index in [1.807, 2.05) is 0 Å². The van der Waals surface area contributed by atoms with Crippen molar-refractivity contribution in [3.05, 3.63) is 42.7 Å². The van der Waals surface area contributed by atoms with Gasteiger partial charge in [-0.2, -0.15) is 0 Å². The Kier molecular flexibility index (Phi) is 2.41. The molecule has 0 aliphatic rings. The Morgan fingerprint density at radius 3 is 2.67 bits per heavy atom. The van der Waals surface area contributed by atoms with E-state index in [-0.39, 0.29) is 0 Å². The van der Waals surface area contributed by atoms with Crippen LogP contribution in [0.1, 0.15) is 0 Å². The second-order valence-electron chi connectivity index (χ2n) is 3.05. The van der Waals surface area contributed by atoms with Gasteiger partial charge in [-0.1, -0.05) is 6.07 Å². The molecule has 0 bridgehead atoms. The first-order chi connectivity index (χ1) is 7.27. The van der Waals surface area contributed by atoms with E-state index in [1.54, 1.807) is 42.7 Å². The van der Waals surface area contributed by atoms with E-state index < -0.39 is 0 Å². The number of para-hydroxylation sites is 1. The maximum Gasteiger partial charge on any atom is 0.152 e. The minimum Gasteiger partial charge on any atom is -0.453 e. The molecule has 1 aromatic heterocycles. The Balaban J connectivity index is 2.29. The molecule has 2 aromatic rings. The van der Waals surface area contributed by atoms with E-state index in [2.05, 4.69) is 4.98 Å². The lowest BCUT2D eigenvalue weighted by atomic mass is 10.2. The number of nitrogen functional groups attached to an aromatic ring is 2. The molecule has 0 aliphatic heterocycles. The fraction of sp³-hybridized carbons (Fsp3) is 0. The number of anilines is 2. The quantitative estimate of drug-likeness (QED) is 0.729. The first kappa shape index (κ1) is 9.33. The molecule has 0 aliphatic carbocycles. The molecule has 0 saturated carbocycles. The summed E-state index contributed by atoms with van der Waals surface area (Å²) in [5, 5.41) is 0. The molecule has 0 spiro atoms. The molecule has 0 amide bonds. The van der Waals surface area contributed by atoms with Gasteiger partial charge in [-0.25, -0.2) is 0 Å². The first-order valence-electron chi connectivity index (χ1n) is 4.49. The largest absolute Gasteiger partial charge is 0.453 e. The van der Waals surface area contributed by atoms with Crippen LogP contribution in [0.25, 0.3) is 0 Å². The summed E-state index contributed by atoms with van der Waals surface area (Å²) in [4.78, 5) is 3.94. The van der Waals surface area contributed by atoms with Crippen molar-refractivity contribution in [1.82, 2.24) is 4.98 Å². The van der Waals surface area contributed by atoms with Gasteiger partial charge in [0.2, 0.25) is 0 Å². The molecule has 15 heavy (non-hydrogen) atoms. The third-order valence-electron chi connectivity index (χ3n) is 1.96. The Morgan fingerprint density at radius 1 is 1.07 bits per heavy atom. The summed E-state index contributed by atoms with van der Waals surface area (Å²) in [6.45, 7) is 0. The average molecular weight is 201 g/mol. The van der Waals surface area contributed by atoms with Crippen molar-refractivity contribution >= 4 is 11.4 Å². The molecule has 0 radical (unpaired) electrons. The van der Waals surface area contributed by atoms with Gasteiger partial charge in [0.25, 0.3) is 0 Å². The fourth-order valence-corrected chi connectivity index (χ4v) is 1.18. The van der Waals surface area contributed by atoms with Crippen LogP contribution in [0.5, 0.6) is 11.5 Å². The van der Waals surface area contributed by atoms with Crippen molar-refractivity contribution in [2.75, 3.05) is 11.5 Å². The highest BCUT2D eigenvalue weighted by Gasteiger charge is 2.03. The minimum atomic E-state index is 0.446. The number of hydrogen-bond acceptors (Lipinski definition) is 4. The van der Waals surface area contributed by atoms with Crippen LogP contribution in [0.4, 0.5) is 11.4 Å². The van der Waals surface area contributed by atoms with Gasteiger partial charge in [0.1, 0.15) is 5.75 Å². The molecule has 4 heteroatoms. The van der Waals surface area contributed by atoms with Crippen LogP contribution in [0.3, 0.4) is 0 Å². The van der Waals surface area contributed by atoms with Crippen LogP contribution in [0, 0.1) is 0 Å². The SMILES string of the molecule is Nc1cccc(Oc2cccnc2)c1N. The number of nitrogens with two attached hydrogens (primary N) is 2. The molecule has 0 unspecified atom stereocenters. The average Bonchev–Trinajstić information content (AvgIpc) is 2.26. The molecule has 0 fully saturated rings. The number of benzene rings is 1. The molecular weight excluding hydrogens is 190 g/mol. The van der Waals surface area contributed by atoms with Crippen molar-refractivity contribution in [2.24, 2.45) is 0 Å². The van der Waals surface area contributed by atoms with Crippen LogP contribution < -0.4 is 16.2 Å². The summed E-state index contributed by atoms with van der Waals surface area (Å²) in [5.74, 6) is 1.18. The van der Waals surface area contributed by atoms with Crippen LogP contribution in [0.2, 0.25) is 0 Å². The van der Waals surface area contributed by atoms with E-state index in [4.69, 9.17) is 16.2 Å². The molecule has 1 aromatic carbocycles. The molecular formula is C11H11N3O. The van der Waals surface area contributed by atoms with Crippen molar-refractivity contribution in [1.29, 1.82) is 0 Å². The normalized spacial score (nSPS) is 9.87. The zero-order valence-electron chi connectivity index (χ0n) is 8.05. The summed E-state index contributed by atoms with van der Waals surface area (Å²) in [6, 6.07) is 8.87. The smallest absolute Gasteiger partial charge is 0.152 e. The van der Waals surface area contributed by atoms with Gasteiger partial charge < -0.3 is 16.2 Å². The van der Waals surface area contributed by atoms with Crippen molar-refractivity contribution in [2.45, 2.75) is 0 Å². The lowest BCUT2D eigenvalue weighted by Gasteiger charge is -2.09. The Morgan fingerprint density at radius 2 is 1.93 bits per heavy atom. The topological polar surface area (TPSA) is 74.2 Å². The highest BCUT2D eigenvalue weighted by atomic mass is 16.5. The van der Waals surface area contributed by atoms with Gasteiger partial charge in [0.15, 0.2) is 5.75 Å². The molecule has 0 atom stereocenters. The minimum absolute atomic E-state index is 0.446. The second-order valence-corrected chi connectivity index (χ2v) is 3.05. The predicted octanol–water partition coefficient (Wildman–Crippen LogP) is 2.04. The summed E-state index contributed by atoms with van der Waals surface area (Å²) in [7, 11) is 0. The van der Waals surface area contributed by atoms with E-state index in [0.29, 0.717) is 22.9 Å². The molecule has 2 rings (SSSR count). The number of ether oxygens (including phenoxy) is 1. The number of hydrogen-bond donors (Lipinski definition) is 2. The van der Waals surface area contributed by atoms with Gasteiger partial charge in [0.05, 0.1) is 17.6 Å². The van der Waals surface area contributed by atoms with Crippen LogP contribution in [-0.4, -0.2) is 4.98 Å². The third kappa shape index (κ3) is 1.99. The Bertz CT molecular complexity index is 457. The number of aromatic nitrogens is 1. The Labute approximate surface area is 87.5 Å². The van der Waals surface area contributed by atoms with Gasteiger partial charge in [-0.15, -0.1) is 0 Å². The van der Waals surface area contributed by atoms with Crippen molar-refractivity contribution < 1.29 is 4.74 Å². The Hall–Kier alpha value is -2.23. The summed E-state index contributed by atoms with van der Waals surface area (Å²) < 4.78 is 5.52. The van der Waals surface area contributed by atoms with Crippen LogP contribution >= 0.6 is 0 Å². The third-order valence-corrected chi connectivity index (χ3v) is 1.96. The van der Waals surface area contributed by atoms with E-state index >= 15 is 0 Å². The van der Waals surface area contributed by atoms with E-state index in [9.17, 15) is 0 Å². The lowest BCUT2D eigenvalue weighted by Crippen LogP contribution is -1.97. The van der Waals surface area contributed by atoms with Gasteiger partial charge in [-0.3, -0.25) is 4.98 Å². The second kappa shape index (κ2) is 3.88. The zero-order chi connectivity index (χ0) is 10.7. The fourth-order valence-electron chi connectivity index (χ4n) is 1.18. The molecule has 76 valence electrons. The molecule has 0 saturated heterocycles. The highest BCUT2D eigenvalue weighted by molar-refractivity contribution is 5.70. The predicted molar refractivity (Wildman–Crippen MR) is 59.6 cm³/mol. The lowest BCUT2D eigenvalue weighted by molar-refractivity contribution is 0.483. The molecule has 4 nitrogen and oxygen atoms in total. The summed E-state index contributed by atoms with van der Waals surface area (Å²) in [5.41, 5.74) is 12.4. The van der Waals surface area contributed by atoms with Crippen LogP contribution in [-0.2, 0) is 0 Å². The number of pyridine rings is 1. The van der Waals surface area contributed by atoms with Gasteiger partial charge >= 0.3 is 0 Å². The van der Waals surface area contributed by atoms with Crippen molar-refractivity contribution in [3.63, 3.8) is 0 Å². The molecule has 1 heterocycles. The van der Waals surface area contributed by atoms with Crippen LogP contribution in [0.15, 0.2) is 42.7 Å². The zero-order valence-corrected chi connectivity index (χ0v) is 8.05. The van der Waals surface area contributed by atoms with Gasteiger partial charge in [-0.05, 0) is 24.3 Å². The molecule has 4 N–H and O–H groups in total.